The van der Waals surface area contributed by atoms with Gasteiger partial charge in [-0.15, -0.1) is 12.4 Å². The molecule has 0 atom stereocenters. The Bertz CT molecular complexity index is 855. The predicted molar refractivity (Wildman–Crippen MR) is 114 cm³/mol. The van der Waals surface area contributed by atoms with E-state index < -0.39 is 10.0 Å². The summed E-state index contributed by atoms with van der Waals surface area (Å²) in [6.45, 7) is 3.41. The van der Waals surface area contributed by atoms with E-state index in [0.29, 0.717) is 16.6 Å². The monoisotopic (exact) mass is 448 g/mol. The minimum Gasteiger partial charge on any atom is -0.299 e. The fourth-order valence-corrected chi connectivity index (χ4v) is 4.98. The van der Waals surface area contributed by atoms with Crippen molar-refractivity contribution in [2.75, 3.05) is 19.6 Å². The van der Waals surface area contributed by atoms with Gasteiger partial charge in [-0.05, 0) is 55.1 Å². The molecule has 148 valence electrons. The first-order chi connectivity index (χ1) is 12.4. The van der Waals surface area contributed by atoms with Crippen LogP contribution in [0, 0.1) is 0 Å². The second-order valence-electron chi connectivity index (χ2n) is 6.50. The van der Waals surface area contributed by atoms with Gasteiger partial charge in [0.25, 0.3) is 0 Å². The Hall–Kier alpha value is -0.820. The van der Waals surface area contributed by atoms with Crippen molar-refractivity contribution in [3.05, 3.63) is 63.6 Å². The van der Waals surface area contributed by atoms with Crippen LogP contribution in [0.25, 0.3) is 0 Å². The van der Waals surface area contributed by atoms with E-state index in [1.54, 1.807) is 0 Å². The van der Waals surface area contributed by atoms with Crippen LogP contribution in [0.15, 0.2) is 47.4 Å². The Balaban J connectivity index is 0.00000261. The van der Waals surface area contributed by atoms with Crippen LogP contribution < -0.4 is 4.72 Å². The number of nitrogens with zero attached hydrogens (tertiary/aromatic N) is 1. The van der Waals surface area contributed by atoms with Crippen molar-refractivity contribution in [2.24, 2.45) is 0 Å². The molecule has 0 bridgehead atoms. The number of sulfonamides is 1. The topological polar surface area (TPSA) is 49.4 Å². The first kappa shape index (κ1) is 22.5. The number of rotatable bonds is 7. The third-order valence-corrected chi connectivity index (χ3v) is 6.43. The SMILES string of the molecule is Cl.O=S(=O)(NCCCCN1CCc2ccccc2C1)c1cc(Cl)cc(Cl)c1. The van der Waals surface area contributed by atoms with Gasteiger partial charge in [0.1, 0.15) is 0 Å². The minimum absolute atomic E-state index is 0. The van der Waals surface area contributed by atoms with Crippen LogP contribution in [0.1, 0.15) is 24.0 Å². The molecule has 1 aliphatic heterocycles. The van der Waals surface area contributed by atoms with Crippen molar-refractivity contribution in [3.8, 4) is 0 Å². The molecule has 27 heavy (non-hydrogen) atoms. The Labute approximate surface area is 177 Å². The van der Waals surface area contributed by atoms with Crippen LogP contribution in [-0.4, -0.2) is 33.0 Å². The van der Waals surface area contributed by atoms with Gasteiger partial charge in [-0.1, -0.05) is 47.5 Å². The van der Waals surface area contributed by atoms with Crippen LogP contribution in [0.2, 0.25) is 10.0 Å². The van der Waals surface area contributed by atoms with E-state index in [0.717, 1.165) is 38.9 Å². The first-order valence-electron chi connectivity index (χ1n) is 8.69. The van der Waals surface area contributed by atoms with Gasteiger partial charge in [0.2, 0.25) is 10.0 Å². The summed E-state index contributed by atoms with van der Waals surface area (Å²) in [5.41, 5.74) is 2.84. The van der Waals surface area contributed by atoms with Crippen molar-refractivity contribution in [3.63, 3.8) is 0 Å². The van der Waals surface area contributed by atoms with Crippen LogP contribution in [-0.2, 0) is 23.0 Å². The summed E-state index contributed by atoms with van der Waals surface area (Å²) in [7, 11) is -3.58. The highest BCUT2D eigenvalue weighted by Gasteiger charge is 2.16. The van der Waals surface area contributed by atoms with Crippen molar-refractivity contribution < 1.29 is 8.42 Å². The van der Waals surface area contributed by atoms with Gasteiger partial charge in [0.05, 0.1) is 4.90 Å². The lowest BCUT2D eigenvalue weighted by atomic mass is 10.00. The normalized spacial score (nSPS) is 14.4. The average molecular weight is 450 g/mol. The second kappa shape index (κ2) is 10.1. The fraction of sp³-hybridized carbons (Fsp3) is 0.368. The van der Waals surface area contributed by atoms with E-state index in [9.17, 15) is 8.42 Å². The van der Waals surface area contributed by atoms with E-state index in [4.69, 9.17) is 23.2 Å². The summed E-state index contributed by atoms with van der Waals surface area (Å²) < 4.78 is 27.2. The Morgan fingerprint density at radius 1 is 1.00 bits per heavy atom. The van der Waals surface area contributed by atoms with E-state index >= 15 is 0 Å². The van der Waals surface area contributed by atoms with Crippen LogP contribution in [0.5, 0.6) is 0 Å². The number of fused-ring (bicyclic) bond motifs is 1. The minimum atomic E-state index is -3.58. The molecule has 0 radical (unpaired) electrons. The number of nitrogens with one attached hydrogen (secondary N) is 1. The largest absolute Gasteiger partial charge is 0.299 e. The highest BCUT2D eigenvalue weighted by molar-refractivity contribution is 7.89. The zero-order valence-corrected chi connectivity index (χ0v) is 18.0. The maximum Gasteiger partial charge on any atom is 0.240 e. The van der Waals surface area contributed by atoms with Crippen molar-refractivity contribution in [1.82, 2.24) is 9.62 Å². The molecule has 0 unspecified atom stereocenters. The lowest BCUT2D eigenvalue weighted by molar-refractivity contribution is 0.249. The first-order valence-corrected chi connectivity index (χ1v) is 10.9. The Morgan fingerprint density at radius 3 is 2.37 bits per heavy atom. The molecule has 4 nitrogen and oxygen atoms in total. The number of hydrogen-bond acceptors (Lipinski definition) is 3. The molecule has 1 N–H and O–H groups in total. The summed E-state index contributed by atoms with van der Waals surface area (Å²) in [6, 6.07) is 12.9. The molecule has 0 aliphatic carbocycles. The standard InChI is InChI=1S/C19H22Cl2N2O2S.ClH/c20-17-11-18(21)13-19(12-17)26(24,25)22-8-3-4-9-23-10-7-15-5-1-2-6-16(15)14-23;/h1-2,5-6,11-13,22H,3-4,7-10,14H2;1H. The number of halogens is 3. The van der Waals surface area contributed by atoms with E-state index in [2.05, 4.69) is 33.9 Å². The summed E-state index contributed by atoms with van der Waals surface area (Å²) >= 11 is 11.8. The number of benzene rings is 2. The summed E-state index contributed by atoms with van der Waals surface area (Å²) in [5, 5.41) is 0.617. The van der Waals surface area contributed by atoms with Crippen molar-refractivity contribution >= 4 is 45.6 Å². The highest BCUT2D eigenvalue weighted by Crippen LogP contribution is 2.22. The van der Waals surface area contributed by atoms with E-state index in [1.165, 1.54) is 29.3 Å². The van der Waals surface area contributed by atoms with Crippen molar-refractivity contribution in [1.29, 1.82) is 0 Å². The zero-order valence-electron chi connectivity index (χ0n) is 14.8. The Kier molecular flexibility index (Phi) is 8.40. The molecule has 1 aliphatic rings. The zero-order chi connectivity index (χ0) is 18.6. The molecule has 3 rings (SSSR count). The van der Waals surface area contributed by atoms with E-state index in [1.807, 2.05) is 0 Å². The third-order valence-electron chi connectivity index (χ3n) is 4.55. The van der Waals surface area contributed by atoms with Crippen LogP contribution >= 0.6 is 35.6 Å². The average Bonchev–Trinajstić information content (AvgIpc) is 2.60. The van der Waals surface area contributed by atoms with Crippen LogP contribution in [0.3, 0.4) is 0 Å². The molecule has 0 saturated carbocycles. The molecule has 0 spiro atoms. The van der Waals surface area contributed by atoms with Gasteiger partial charge >= 0.3 is 0 Å². The van der Waals surface area contributed by atoms with Crippen LogP contribution in [0.4, 0.5) is 0 Å². The molecule has 0 fully saturated rings. The van der Waals surface area contributed by atoms with Gasteiger partial charge < -0.3 is 0 Å². The lowest BCUT2D eigenvalue weighted by Crippen LogP contribution is -2.32. The molecule has 0 aromatic heterocycles. The second-order valence-corrected chi connectivity index (χ2v) is 9.14. The van der Waals surface area contributed by atoms with E-state index in [-0.39, 0.29) is 17.3 Å². The maximum absolute atomic E-state index is 12.3. The summed E-state index contributed by atoms with van der Waals surface area (Å²) in [6.07, 6.45) is 2.81. The maximum atomic E-state index is 12.3. The predicted octanol–water partition coefficient (Wildman–Crippen LogP) is 4.53. The molecular formula is C19H23Cl3N2O2S. The third kappa shape index (κ3) is 6.34. The van der Waals surface area contributed by atoms with Gasteiger partial charge in [-0.2, -0.15) is 0 Å². The van der Waals surface area contributed by atoms with Gasteiger partial charge in [0, 0.05) is 29.7 Å². The smallest absolute Gasteiger partial charge is 0.240 e. The molecule has 2 aromatic rings. The quantitative estimate of drug-likeness (QED) is 0.632. The Morgan fingerprint density at radius 2 is 1.67 bits per heavy atom. The highest BCUT2D eigenvalue weighted by atomic mass is 35.5. The van der Waals surface area contributed by atoms with Gasteiger partial charge in [-0.25, -0.2) is 13.1 Å². The number of hydrogen-bond donors (Lipinski definition) is 1. The molecule has 0 saturated heterocycles. The van der Waals surface area contributed by atoms with Gasteiger partial charge in [0.15, 0.2) is 0 Å². The molecule has 0 amide bonds. The fourth-order valence-electron chi connectivity index (χ4n) is 3.18. The summed E-state index contributed by atoms with van der Waals surface area (Å²) in [4.78, 5) is 2.52. The lowest BCUT2D eigenvalue weighted by Gasteiger charge is -2.28. The summed E-state index contributed by atoms with van der Waals surface area (Å²) in [5.74, 6) is 0. The van der Waals surface area contributed by atoms with Crippen molar-refractivity contribution in [2.45, 2.75) is 30.7 Å². The number of unbranched alkanes of at least 4 members (excludes halogenated alkanes) is 1. The molecule has 1 heterocycles. The molecule has 8 heteroatoms. The van der Waals surface area contributed by atoms with Gasteiger partial charge in [-0.3, -0.25) is 4.90 Å². The molecular weight excluding hydrogens is 427 g/mol. The molecule has 2 aromatic carbocycles.